The van der Waals surface area contributed by atoms with Gasteiger partial charge in [0.1, 0.15) is 5.75 Å². The summed E-state index contributed by atoms with van der Waals surface area (Å²) in [5, 5.41) is 25.2. The Morgan fingerprint density at radius 1 is 1.18 bits per heavy atom. The van der Waals surface area contributed by atoms with Gasteiger partial charge in [0.2, 0.25) is 0 Å². The Morgan fingerprint density at radius 2 is 1.89 bits per heavy atom. The van der Waals surface area contributed by atoms with E-state index in [-0.39, 0.29) is 18.2 Å². The maximum atomic E-state index is 12.0. The number of non-ortho nitro benzene ring substituents is 1. The summed E-state index contributed by atoms with van der Waals surface area (Å²) in [7, 11) is 0. The summed E-state index contributed by atoms with van der Waals surface area (Å²) < 4.78 is 7.17. The van der Waals surface area contributed by atoms with Gasteiger partial charge >= 0.3 is 0 Å². The van der Waals surface area contributed by atoms with Crippen LogP contribution in [0.2, 0.25) is 0 Å². The van der Waals surface area contributed by atoms with E-state index in [2.05, 4.69) is 20.8 Å². The smallest absolute Gasteiger partial charge is 0.269 e. The number of nitro groups is 1. The molecule has 1 aliphatic carbocycles. The Kier molecular flexibility index (Phi) is 4.67. The highest BCUT2D eigenvalue weighted by Crippen LogP contribution is 2.36. The van der Waals surface area contributed by atoms with Gasteiger partial charge in [-0.2, -0.15) is 0 Å². The maximum absolute atomic E-state index is 12.0. The van der Waals surface area contributed by atoms with Gasteiger partial charge in [-0.3, -0.25) is 14.9 Å². The van der Waals surface area contributed by atoms with Gasteiger partial charge in [-0.1, -0.05) is 0 Å². The summed E-state index contributed by atoms with van der Waals surface area (Å²) in [5.74, 6) is 0.749. The second kappa shape index (κ2) is 7.43. The number of anilines is 1. The van der Waals surface area contributed by atoms with Crippen molar-refractivity contribution in [1.29, 1.82) is 0 Å². The molecule has 10 heteroatoms. The molecule has 1 fully saturated rings. The van der Waals surface area contributed by atoms with E-state index in [0.29, 0.717) is 23.3 Å². The molecule has 0 atom stereocenters. The fourth-order valence-electron chi connectivity index (χ4n) is 2.66. The average molecular weight is 380 g/mol. The van der Waals surface area contributed by atoms with Crippen LogP contribution in [0.15, 0.2) is 48.5 Å². The Balaban J connectivity index is 1.33. The highest BCUT2D eigenvalue weighted by Gasteiger charge is 2.28. The predicted molar refractivity (Wildman–Crippen MR) is 98.7 cm³/mol. The highest BCUT2D eigenvalue weighted by atomic mass is 16.6. The summed E-state index contributed by atoms with van der Waals surface area (Å²) in [6.45, 7) is -0.209. The van der Waals surface area contributed by atoms with Crippen molar-refractivity contribution in [3.05, 3.63) is 58.6 Å². The molecule has 0 spiro atoms. The van der Waals surface area contributed by atoms with Crippen molar-refractivity contribution in [1.82, 2.24) is 20.2 Å². The van der Waals surface area contributed by atoms with E-state index in [4.69, 9.17) is 4.74 Å². The van der Waals surface area contributed by atoms with Crippen molar-refractivity contribution in [3.63, 3.8) is 0 Å². The second-order valence-corrected chi connectivity index (χ2v) is 6.34. The molecular weight excluding hydrogens is 364 g/mol. The fraction of sp³-hybridized carbons (Fsp3) is 0.222. The number of nitrogens with zero attached hydrogens (tertiary/aromatic N) is 5. The number of carbonyl (C=O) groups is 1. The number of aromatic nitrogens is 4. The molecule has 0 radical (unpaired) electrons. The normalized spacial score (nSPS) is 13.1. The van der Waals surface area contributed by atoms with Gasteiger partial charge in [0.25, 0.3) is 11.6 Å². The van der Waals surface area contributed by atoms with Crippen molar-refractivity contribution in [2.45, 2.75) is 18.9 Å². The molecular formula is C18H16N6O4. The Morgan fingerprint density at radius 3 is 2.54 bits per heavy atom. The van der Waals surface area contributed by atoms with Crippen LogP contribution in [0.4, 0.5) is 11.4 Å². The average Bonchev–Trinajstić information content (AvgIpc) is 3.44. The summed E-state index contributed by atoms with van der Waals surface area (Å²) in [4.78, 5) is 22.2. The number of nitro benzene ring substituents is 1. The lowest BCUT2D eigenvalue weighted by atomic mass is 10.2. The summed E-state index contributed by atoms with van der Waals surface area (Å²) in [5.41, 5.74) is 1.45. The monoisotopic (exact) mass is 380 g/mol. The van der Waals surface area contributed by atoms with Crippen LogP contribution in [-0.4, -0.2) is 37.6 Å². The van der Waals surface area contributed by atoms with E-state index in [1.807, 2.05) is 16.8 Å². The third kappa shape index (κ3) is 3.95. The van der Waals surface area contributed by atoms with Crippen LogP contribution >= 0.6 is 0 Å². The molecule has 2 aromatic carbocycles. The lowest BCUT2D eigenvalue weighted by Crippen LogP contribution is -2.20. The Labute approximate surface area is 159 Å². The summed E-state index contributed by atoms with van der Waals surface area (Å²) in [6.07, 6.45) is 2.17. The minimum Gasteiger partial charge on any atom is -0.484 e. The number of rotatable bonds is 7. The summed E-state index contributed by atoms with van der Waals surface area (Å²) >= 11 is 0. The number of amides is 1. The van der Waals surface area contributed by atoms with Crippen LogP contribution in [-0.2, 0) is 4.79 Å². The topological polar surface area (TPSA) is 125 Å². The molecule has 1 aliphatic rings. The molecule has 10 nitrogen and oxygen atoms in total. The number of tetrazole rings is 1. The van der Waals surface area contributed by atoms with E-state index < -0.39 is 4.92 Å². The van der Waals surface area contributed by atoms with E-state index in [1.54, 1.807) is 12.1 Å². The molecule has 3 aromatic rings. The van der Waals surface area contributed by atoms with Gasteiger partial charge in [-0.25, -0.2) is 4.68 Å². The molecule has 28 heavy (non-hydrogen) atoms. The lowest BCUT2D eigenvalue weighted by molar-refractivity contribution is -0.384. The van der Waals surface area contributed by atoms with Crippen LogP contribution in [0.25, 0.3) is 11.4 Å². The standard InChI is InChI=1S/C18H16N6O4/c25-17(11-28-16-9-7-15(8-10-16)24(26)27)19-13-3-1-12(2-4-13)18-20-21-22-23(18)14-5-6-14/h1-4,7-10,14H,5-6,11H2,(H,19,25). The molecule has 1 heterocycles. The third-order valence-corrected chi connectivity index (χ3v) is 4.23. The van der Waals surface area contributed by atoms with Gasteiger partial charge in [0.05, 0.1) is 11.0 Å². The van der Waals surface area contributed by atoms with E-state index in [1.165, 1.54) is 24.3 Å². The molecule has 1 aromatic heterocycles. The number of benzene rings is 2. The minimum absolute atomic E-state index is 0.0374. The first kappa shape index (κ1) is 17.6. The van der Waals surface area contributed by atoms with Gasteiger partial charge < -0.3 is 10.1 Å². The van der Waals surface area contributed by atoms with Gasteiger partial charge in [0, 0.05) is 23.4 Å². The number of carbonyl (C=O) groups excluding carboxylic acids is 1. The van der Waals surface area contributed by atoms with Crippen molar-refractivity contribution in [2.24, 2.45) is 0 Å². The van der Waals surface area contributed by atoms with Gasteiger partial charge in [0.15, 0.2) is 12.4 Å². The largest absolute Gasteiger partial charge is 0.484 e. The quantitative estimate of drug-likeness (QED) is 0.493. The highest BCUT2D eigenvalue weighted by molar-refractivity contribution is 5.92. The zero-order chi connectivity index (χ0) is 19.5. The van der Waals surface area contributed by atoms with Crippen LogP contribution in [0.5, 0.6) is 5.75 Å². The molecule has 1 saturated carbocycles. The zero-order valence-corrected chi connectivity index (χ0v) is 14.7. The number of nitrogens with one attached hydrogen (secondary N) is 1. The van der Waals surface area contributed by atoms with Crippen molar-refractivity contribution < 1.29 is 14.5 Å². The van der Waals surface area contributed by atoms with Crippen molar-refractivity contribution in [3.8, 4) is 17.1 Å². The van der Waals surface area contributed by atoms with E-state index >= 15 is 0 Å². The Hall–Kier alpha value is -3.82. The first-order valence-electron chi connectivity index (χ1n) is 8.65. The molecule has 4 rings (SSSR count). The van der Waals surface area contributed by atoms with E-state index in [9.17, 15) is 14.9 Å². The molecule has 0 unspecified atom stereocenters. The molecule has 0 aliphatic heterocycles. The lowest BCUT2D eigenvalue weighted by Gasteiger charge is -2.08. The van der Waals surface area contributed by atoms with Crippen LogP contribution in [0, 0.1) is 10.1 Å². The van der Waals surface area contributed by atoms with Gasteiger partial charge in [-0.05, 0) is 59.7 Å². The van der Waals surface area contributed by atoms with Crippen molar-refractivity contribution in [2.75, 3.05) is 11.9 Å². The number of hydrogen-bond donors (Lipinski definition) is 1. The molecule has 1 N–H and O–H groups in total. The SMILES string of the molecule is O=C(COc1ccc([N+](=O)[O-])cc1)Nc1ccc(-c2nnnn2C2CC2)cc1. The zero-order valence-electron chi connectivity index (χ0n) is 14.7. The first-order valence-corrected chi connectivity index (χ1v) is 8.65. The van der Waals surface area contributed by atoms with E-state index in [0.717, 1.165) is 18.4 Å². The minimum atomic E-state index is -0.497. The molecule has 0 bridgehead atoms. The predicted octanol–water partition coefficient (Wildman–Crippen LogP) is 2.60. The van der Waals surface area contributed by atoms with Crippen LogP contribution in [0.1, 0.15) is 18.9 Å². The summed E-state index contributed by atoms with van der Waals surface area (Å²) in [6, 6.07) is 13.1. The molecule has 1 amide bonds. The molecule has 142 valence electrons. The first-order chi connectivity index (χ1) is 13.6. The number of ether oxygens (including phenoxy) is 1. The van der Waals surface area contributed by atoms with Crippen LogP contribution in [0.3, 0.4) is 0 Å². The molecule has 0 saturated heterocycles. The van der Waals surface area contributed by atoms with Crippen molar-refractivity contribution >= 4 is 17.3 Å². The number of hydrogen-bond acceptors (Lipinski definition) is 7. The maximum Gasteiger partial charge on any atom is 0.269 e. The Bertz CT molecular complexity index is 996. The van der Waals surface area contributed by atoms with Gasteiger partial charge in [-0.15, -0.1) is 5.10 Å². The third-order valence-electron chi connectivity index (χ3n) is 4.23. The second-order valence-electron chi connectivity index (χ2n) is 6.34. The fourth-order valence-corrected chi connectivity index (χ4v) is 2.66. The van der Waals surface area contributed by atoms with Crippen LogP contribution < -0.4 is 10.1 Å².